The Morgan fingerprint density at radius 2 is 2.00 bits per heavy atom. The molecule has 1 aromatic carbocycles. The predicted octanol–water partition coefficient (Wildman–Crippen LogP) is 4.69. The average Bonchev–Trinajstić information content (AvgIpc) is 2.76. The van der Waals surface area contributed by atoms with Crippen LogP contribution >= 0.6 is 23.1 Å². The van der Waals surface area contributed by atoms with Crippen LogP contribution in [0, 0.1) is 13.8 Å². The van der Waals surface area contributed by atoms with E-state index in [1.165, 1.54) is 20.9 Å². The molecule has 2 aromatic rings. The second kappa shape index (κ2) is 6.60. The average molecular weight is 291 g/mol. The monoisotopic (exact) mass is 291 g/mol. The standard InChI is InChI=1S/C16H21NS2/c1-11-5-4-6-14(9-11)10-18-16(13(3)17)15-8-7-12(2)19-15/h4-9,13,16H,10,17H2,1-3H3. The van der Waals surface area contributed by atoms with E-state index in [9.17, 15) is 0 Å². The maximum atomic E-state index is 6.16. The summed E-state index contributed by atoms with van der Waals surface area (Å²) in [6.45, 7) is 6.39. The number of thioether (sulfide) groups is 1. The van der Waals surface area contributed by atoms with Crippen molar-refractivity contribution < 1.29 is 0 Å². The van der Waals surface area contributed by atoms with Crippen LogP contribution in [0.25, 0.3) is 0 Å². The zero-order chi connectivity index (χ0) is 13.8. The number of hydrogen-bond donors (Lipinski definition) is 1. The first-order chi connectivity index (χ1) is 9.06. The van der Waals surface area contributed by atoms with E-state index in [4.69, 9.17) is 5.73 Å². The molecule has 1 aromatic heterocycles. The van der Waals surface area contributed by atoms with Crippen molar-refractivity contribution in [2.75, 3.05) is 0 Å². The van der Waals surface area contributed by atoms with Crippen molar-refractivity contribution in [1.29, 1.82) is 0 Å². The molecule has 0 saturated heterocycles. The number of thiophene rings is 1. The van der Waals surface area contributed by atoms with Gasteiger partial charge in [0.05, 0.1) is 5.25 Å². The summed E-state index contributed by atoms with van der Waals surface area (Å²) < 4.78 is 0. The summed E-state index contributed by atoms with van der Waals surface area (Å²) in [6.07, 6.45) is 0. The van der Waals surface area contributed by atoms with Crippen molar-refractivity contribution in [3.8, 4) is 0 Å². The summed E-state index contributed by atoms with van der Waals surface area (Å²) in [5.41, 5.74) is 8.86. The van der Waals surface area contributed by atoms with Gasteiger partial charge >= 0.3 is 0 Å². The zero-order valence-electron chi connectivity index (χ0n) is 11.7. The summed E-state index contributed by atoms with van der Waals surface area (Å²) >= 11 is 3.80. The van der Waals surface area contributed by atoms with Gasteiger partial charge in [-0.15, -0.1) is 23.1 Å². The smallest absolute Gasteiger partial charge is 0.0542 e. The van der Waals surface area contributed by atoms with Crippen LogP contribution in [0.5, 0.6) is 0 Å². The van der Waals surface area contributed by atoms with E-state index in [-0.39, 0.29) is 6.04 Å². The van der Waals surface area contributed by atoms with Crippen molar-refractivity contribution in [3.63, 3.8) is 0 Å². The number of aryl methyl sites for hydroxylation is 2. The molecular formula is C16H21NS2. The van der Waals surface area contributed by atoms with Gasteiger partial charge in [0.15, 0.2) is 0 Å². The number of benzene rings is 1. The number of nitrogens with two attached hydrogens (primary N) is 1. The van der Waals surface area contributed by atoms with E-state index in [1.807, 2.05) is 23.1 Å². The minimum atomic E-state index is 0.174. The van der Waals surface area contributed by atoms with E-state index in [2.05, 4.69) is 57.2 Å². The first kappa shape index (κ1) is 14.6. The molecule has 1 nitrogen and oxygen atoms in total. The Kier molecular flexibility index (Phi) is 5.08. The Morgan fingerprint density at radius 3 is 2.58 bits per heavy atom. The molecule has 0 saturated carbocycles. The van der Waals surface area contributed by atoms with Gasteiger partial charge in [0.2, 0.25) is 0 Å². The first-order valence-electron chi connectivity index (χ1n) is 6.55. The fourth-order valence-electron chi connectivity index (χ4n) is 2.09. The van der Waals surface area contributed by atoms with Gasteiger partial charge in [0.1, 0.15) is 0 Å². The minimum absolute atomic E-state index is 0.174. The van der Waals surface area contributed by atoms with Gasteiger partial charge in [0, 0.05) is 21.5 Å². The van der Waals surface area contributed by atoms with Crippen LogP contribution in [0.4, 0.5) is 0 Å². The third-order valence-corrected chi connectivity index (χ3v) is 5.81. The van der Waals surface area contributed by atoms with Gasteiger partial charge in [-0.1, -0.05) is 29.8 Å². The number of rotatable bonds is 5. The summed E-state index contributed by atoms with van der Waals surface area (Å²) in [4.78, 5) is 2.75. The molecule has 0 aliphatic carbocycles. The van der Waals surface area contributed by atoms with E-state index in [0.717, 1.165) is 5.75 Å². The lowest BCUT2D eigenvalue weighted by Gasteiger charge is -2.19. The summed E-state index contributed by atoms with van der Waals surface area (Å²) in [6, 6.07) is 13.3. The minimum Gasteiger partial charge on any atom is -0.327 e. The molecule has 2 N–H and O–H groups in total. The third kappa shape index (κ3) is 4.10. The van der Waals surface area contributed by atoms with Crippen molar-refractivity contribution in [2.24, 2.45) is 5.73 Å². The molecule has 0 aliphatic heterocycles. The zero-order valence-corrected chi connectivity index (χ0v) is 13.4. The predicted molar refractivity (Wildman–Crippen MR) is 87.9 cm³/mol. The SMILES string of the molecule is Cc1cccc(CSC(c2ccc(C)s2)C(C)N)c1. The van der Waals surface area contributed by atoms with Gasteiger partial charge in [-0.25, -0.2) is 0 Å². The van der Waals surface area contributed by atoms with Crippen LogP contribution in [0.15, 0.2) is 36.4 Å². The van der Waals surface area contributed by atoms with Gasteiger partial charge in [-0.05, 0) is 38.5 Å². The Balaban J connectivity index is 2.06. The third-order valence-electron chi connectivity index (χ3n) is 3.03. The largest absolute Gasteiger partial charge is 0.327 e. The van der Waals surface area contributed by atoms with Crippen LogP contribution < -0.4 is 5.73 Å². The summed E-state index contributed by atoms with van der Waals surface area (Å²) in [5.74, 6) is 1.02. The summed E-state index contributed by atoms with van der Waals surface area (Å²) in [7, 11) is 0. The van der Waals surface area contributed by atoms with Gasteiger partial charge in [-0.3, -0.25) is 0 Å². The van der Waals surface area contributed by atoms with E-state index < -0.39 is 0 Å². The highest BCUT2D eigenvalue weighted by Crippen LogP contribution is 2.37. The molecule has 102 valence electrons. The van der Waals surface area contributed by atoms with Crippen molar-refractivity contribution >= 4 is 23.1 Å². The molecule has 0 fully saturated rings. The number of hydrogen-bond acceptors (Lipinski definition) is 3. The van der Waals surface area contributed by atoms with Gasteiger partial charge < -0.3 is 5.73 Å². The maximum Gasteiger partial charge on any atom is 0.0542 e. The fourth-order valence-corrected chi connectivity index (χ4v) is 4.51. The molecule has 0 amide bonds. The Morgan fingerprint density at radius 1 is 1.21 bits per heavy atom. The molecular weight excluding hydrogens is 270 g/mol. The van der Waals surface area contributed by atoms with Crippen molar-refractivity contribution in [1.82, 2.24) is 0 Å². The highest BCUT2D eigenvalue weighted by molar-refractivity contribution is 7.98. The fraction of sp³-hybridized carbons (Fsp3) is 0.375. The Bertz CT molecular complexity index is 531. The quantitative estimate of drug-likeness (QED) is 0.865. The second-order valence-electron chi connectivity index (χ2n) is 5.03. The molecule has 0 aliphatic rings. The normalized spacial score (nSPS) is 14.3. The molecule has 19 heavy (non-hydrogen) atoms. The maximum absolute atomic E-state index is 6.16. The van der Waals surface area contributed by atoms with Crippen LogP contribution in [0.2, 0.25) is 0 Å². The molecule has 0 radical (unpaired) electrons. The van der Waals surface area contributed by atoms with Crippen LogP contribution in [-0.4, -0.2) is 6.04 Å². The van der Waals surface area contributed by atoms with Crippen LogP contribution in [0.1, 0.15) is 33.1 Å². The molecule has 2 rings (SSSR count). The molecule has 0 spiro atoms. The van der Waals surface area contributed by atoms with Crippen LogP contribution in [-0.2, 0) is 5.75 Å². The second-order valence-corrected chi connectivity index (χ2v) is 7.48. The summed E-state index contributed by atoms with van der Waals surface area (Å²) in [5, 5.41) is 0.388. The van der Waals surface area contributed by atoms with Crippen molar-refractivity contribution in [3.05, 3.63) is 57.3 Å². The molecule has 0 bridgehead atoms. The Labute approximate surface area is 124 Å². The Hall–Kier alpha value is -0.770. The first-order valence-corrected chi connectivity index (χ1v) is 8.42. The lowest BCUT2D eigenvalue weighted by atomic mass is 10.2. The molecule has 1 heterocycles. The van der Waals surface area contributed by atoms with Gasteiger partial charge in [-0.2, -0.15) is 0 Å². The van der Waals surface area contributed by atoms with E-state index in [0.29, 0.717) is 5.25 Å². The molecule has 2 unspecified atom stereocenters. The van der Waals surface area contributed by atoms with Gasteiger partial charge in [0.25, 0.3) is 0 Å². The molecule has 2 atom stereocenters. The van der Waals surface area contributed by atoms with Crippen LogP contribution in [0.3, 0.4) is 0 Å². The van der Waals surface area contributed by atoms with Crippen molar-refractivity contribution in [2.45, 2.75) is 37.8 Å². The topological polar surface area (TPSA) is 26.0 Å². The van der Waals surface area contributed by atoms with E-state index >= 15 is 0 Å². The van der Waals surface area contributed by atoms with E-state index in [1.54, 1.807) is 0 Å². The molecule has 3 heteroatoms. The lowest BCUT2D eigenvalue weighted by molar-refractivity contribution is 0.730. The lowest BCUT2D eigenvalue weighted by Crippen LogP contribution is -2.22. The highest BCUT2D eigenvalue weighted by atomic mass is 32.2. The highest BCUT2D eigenvalue weighted by Gasteiger charge is 2.18.